The van der Waals surface area contributed by atoms with Crippen LogP contribution in [0.25, 0.3) is 153 Å². The molecule has 0 atom stereocenters. The molecule has 0 aliphatic rings. The van der Waals surface area contributed by atoms with Crippen molar-refractivity contribution in [2.45, 2.75) is 0 Å². The molecule has 15 aromatic rings. The Morgan fingerprint density at radius 1 is 0.200 bits per heavy atom. The summed E-state index contributed by atoms with van der Waals surface area (Å²) in [7, 11) is 0. The summed E-state index contributed by atoms with van der Waals surface area (Å²) < 4.78 is 6.71. The molecule has 0 radical (unpaired) electrons. The van der Waals surface area contributed by atoms with E-state index >= 15 is 0 Å². The molecule has 1 heteroatoms. The van der Waals surface area contributed by atoms with Crippen LogP contribution in [0.1, 0.15) is 0 Å². The summed E-state index contributed by atoms with van der Waals surface area (Å²) in [5, 5.41) is 22.7. The van der Waals surface area contributed by atoms with Gasteiger partial charge < -0.3 is 4.42 Å². The highest BCUT2D eigenvalue weighted by atomic mass is 16.3. The molecule has 15 rings (SSSR count). The van der Waals surface area contributed by atoms with Crippen molar-refractivity contribution in [1.29, 1.82) is 0 Å². The molecule has 0 spiro atoms. The maximum atomic E-state index is 6.71. The number of rotatable bonds is 4. The molecular formula is C64H36O. The van der Waals surface area contributed by atoms with Crippen LogP contribution in [0, 0.1) is 0 Å². The lowest BCUT2D eigenvalue weighted by Gasteiger charge is -2.16. The van der Waals surface area contributed by atoms with Crippen molar-refractivity contribution in [1.82, 2.24) is 0 Å². The van der Waals surface area contributed by atoms with E-state index in [0.717, 1.165) is 21.9 Å². The fraction of sp³-hybridized carbons (Fsp3) is 0. The molecule has 1 aromatic heterocycles. The minimum atomic E-state index is 0.899. The maximum absolute atomic E-state index is 6.71. The van der Waals surface area contributed by atoms with E-state index in [9.17, 15) is 0 Å². The summed E-state index contributed by atoms with van der Waals surface area (Å²) in [5.74, 6) is 0. The molecule has 0 N–H and O–H groups in total. The van der Waals surface area contributed by atoms with Gasteiger partial charge in [-0.2, -0.15) is 0 Å². The van der Waals surface area contributed by atoms with Crippen LogP contribution in [0.2, 0.25) is 0 Å². The van der Waals surface area contributed by atoms with Gasteiger partial charge in [0.15, 0.2) is 0 Å². The third kappa shape index (κ3) is 5.04. The first-order valence-corrected chi connectivity index (χ1v) is 22.6. The molecule has 0 fully saturated rings. The van der Waals surface area contributed by atoms with Crippen LogP contribution in [0.5, 0.6) is 0 Å². The molecule has 1 nitrogen and oxygen atoms in total. The van der Waals surface area contributed by atoms with Gasteiger partial charge in [0.05, 0.1) is 0 Å². The smallest absolute Gasteiger partial charge is 0.136 e. The van der Waals surface area contributed by atoms with Crippen molar-refractivity contribution < 1.29 is 4.42 Å². The van der Waals surface area contributed by atoms with E-state index in [1.54, 1.807) is 0 Å². The minimum absolute atomic E-state index is 0.899. The highest BCUT2D eigenvalue weighted by Crippen LogP contribution is 2.45. The topological polar surface area (TPSA) is 13.1 Å². The zero-order valence-corrected chi connectivity index (χ0v) is 35.2. The molecule has 65 heavy (non-hydrogen) atoms. The van der Waals surface area contributed by atoms with E-state index < -0.39 is 0 Å². The molecule has 0 unspecified atom stereocenters. The third-order valence-corrected chi connectivity index (χ3v) is 14.5. The predicted molar refractivity (Wildman–Crippen MR) is 278 cm³/mol. The predicted octanol–water partition coefficient (Wildman–Crippen LogP) is 18.4. The fourth-order valence-corrected chi connectivity index (χ4v) is 11.4. The van der Waals surface area contributed by atoms with Crippen LogP contribution < -0.4 is 0 Å². The summed E-state index contributed by atoms with van der Waals surface area (Å²) in [6.07, 6.45) is 0. The summed E-state index contributed by atoms with van der Waals surface area (Å²) in [5.41, 5.74) is 11.5. The number of hydrogen-bond acceptors (Lipinski definition) is 1. The van der Waals surface area contributed by atoms with E-state index in [2.05, 4.69) is 218 Å². The summed E-state index contributed by atoms with van der Waals surface area (Å²) >= 11 is 0. The molecule has 0 aliphatic carbocycles. The van der Waals surface area contributed by atoms with Crippen LogP contribution in [0.15, 0.2) is 223 Å². The third-order valence-electron chi connectivity index (χ3n) is 14.5. The first-order chi connectivity index (χ1) is 32.2. The Balaban J connectivity index is 0.888. The second-order valence-electron chi connectivity index (χ2n) is 17.9. The van der Waals surface area contributed by atoms with Gasteiger partial charge in [-0.1, -0.05) is 194 Å². The lowest BCUT2D eigenvalue weighted by molar-refractivity contribution is 0.670. The Hall–Kier alpha value is -8.52. The lowest BCUT2D eigenvalue weighted by Crippen LogP contribution is -1.89. The van der Waals surface area contributed by atoms with E-state index in [1.807, 2.05) is 0 Å². The van der Waals surface area contributed by atoms with Crippen molar-refractivity contribution in [2.75, 3.05) is 0 Å². The van der Waals surface area contributed by atoms with Crippen LogP contribution in [0.4, 0.5) is 0 Å². The van der Waals surface area contributed by atoms with Gasteiger partial charge in [0.2, 0.25) is 0 Å². The van der Waals surface area contributed by atoms with Crippen molar-refractivity contribution in [3.05, 3.63) is 218 Å². The summed E-state index contributed by atoms with van der Waals surface area (Å²) in [6.45, 7) is 0. The number of fused-ring (bicyclic) bond motifs is 5. The van der Waals surface area contributed by atoms with Crippen LogP contribution in [-0.2, 0) is 0 Å². The monoisotopic (exact) mass is 820 g/mol. The largest absolute Gasteiger partial charge is 0.456 e. The van der Waals surface area contributed by atoms with Gasteiger partial charge in [-0.05, 0) is 155 Å². The van der Waals surface area contributed by atoms with Gasteiger partial charge in [-0.3, -0.25) is 0 Å². The quantitative estimate of drug-likeness (QED) is 0.161. The maximum Gasteiger partial charge on any atom is 0.136 e. The number of hydrogen-bond donors (Lipinski definition) is 0. The Labute approximate surface area is 373 Å². The lowest BCUT2D eigenvalue weighted by atomic mass is 9.88. The molecule has 0 amide bonds. The van der Waals surface area contributed by atoms with Crippen LogP contribution >= 0.6 is 0 Å². The fourth-order valence-electron chi connectivity index (χ4n) is 11.4. The van der Waals surface area contributed by atoms with Crippen molar-refractivity contribution in [2.24, 2.45) is 0 Å². The van der Waals surface area contributed by atoms with Crippen molar-refractivity contribution >= 4 is 108 Å². The number of furan rings is 1. The molecular weight excluding hydrogens is 785 g/mol. The molecule has 0 saturated carbocycles. The Morgan fingerprint density at radius 2 is 0.538 bits per heavy atom. The first kappa shape index (κ1) is 35.0. The van der Waals surface area contributed by atoms with Gasteiger partial charge in [-0.25, -0.2) is 0 Å². The van der Waals surface area contributed by atoms with E-state index in [1.165, 1.54) is 131 Å². The summed E-state index contributed by atoms with van der Waals surface area (Å²) in [4.78, 5) is 0. The number of benzene rings is 14. The van der Waals surface area contributed by atoms with Crippen molar-refractivity contribution in [3.63, 3.8) is 0 Å². The Morgan fingerprint density at radius 3 is 1.03 bits per heavy atom. The van der Waals surface area contributed by atoms with Crippen LogP contribution in [0.3, 0.4) is 0 Å². The van der Waals surface area contributed by atoms with Gasteiger partial charge in [0.25, 0.3) is 0 Å². The van der Waals surface area contributed by atoms with Crippen molar-refractivity contribution in [3.8, 4) is 44.5 Å². The van der Waals surface area contributed by atoms with E-state index in [-0.39, 0.29) is 0 Å². The van der Waals surface area contributed by atoms with E-state index in [4.69, 9.17) is 4.42 Å². The molecule has 0 bridgehead atoms. The van der Waals surface area contributed by atoms with Gasteiger partial charge in [0, 0.05) is 10.8 Å². The minimum Gasteiger partial charge on any atom is -0.456 e. The summed E-state index contributed by atoms with van der Waals surface area (Å²) in [6, 6.07) is 81.2. The Kier molecular flexibility index (Phi) is 7.01. The molecule has 14 aromatic carbocycles. The Bertz CT molecular complexity index is 4400. The second-order valence-corrected chi connectivity index (χ2v) is 17.9. The zero-order chi connectivity index (χ0) is 42.3. The highest BCUT2D eigenvalue weighted by Gasteiger charge is 2.18. The zero-order valence-electron chi connectivity index (χ0n) is 35.2. The van der Waals surface area contributed by atoms with Gasteiger partial charge in [0.1, 0.15) is 11.2 Å². The van der Waals surface area contributed by atoms with Gasteiger partial charge >= 0.3 is 0 Å². The average Bonchev–Trinajstić information content (AvgIpc) is 3.71. The molecule has 0 saturated heterocycles. The first-order valence-electron chi connectivity index (χ1n) is 22.6. The SMILES string of the molecule is c1ccc2cc3c(cc2c1)oc1cc2c(-c4ccc(-c5ccc6ccc7cccc8ccc5c6c78)cc4)ccc(-c4ccc(-c5ccc6ccc7cccc8ccc5c6c78)cc4)c2cc13. The van der Waals surface area contributed by atoms with Crippen LogP contribution in [-0.4, -0.2) is 0 Å². The molecule has 0 aliphatic heterocycles. The average molecular weight is 821 g/mol. The normalized spacial score (nSPS) is 12.3. The van der Waals surface area contributed by atoms with Gasteiger partial charge in [-0.15, -0.1) is 0 Å². The highest BCUT2D eigenvalue weighted by molar-refractivity contribution is 6.27. The second kappa shape index (κ2) is 13.0. The molecule has 298 valence electrons. The standard InChI is InChI=1S/C64H36O/c1-2-6-48-34-59-57(33-47(48)5-1)58-35-55-51(39-15-11-37(12-16-39)49-27-23-45-21-19-41-7-3-9-43-25-29-53(49)63(45)61(41)43)31-32-52(56(55)36-60(58)65-59)40-17-13-38(14-18-40)50-28-24-46-22-20-42-8-4-10-44-26-30-54(50)64(46)62(42)44/h1-36H. The molecule has 1 heterocycles. The van der Waals surface area contributed by atoms with E-state index in [0.29, 0.717) is 0 Å².